The van der Waals surface area contributed by atoms with Crippen LogP contribution in [0.4, 0.5) is 9.59 Å². The number of alkyl carbamates (subject to hydrolysis) is 2. The number of ether oxygens (including phenoxy) is 4. The van der Waals surface area contributed by atoms with Gasteiger partial charge in [-0.25, -0.2) is 27.5 Å². The first-order chi connectivity index (χ1) is 36.5. The molecule has 0 unspecified atom stereocenters. The summed E-state index contributed by atoms with van der Waals surface area (Å²) in [7, 11) is -4.22. The van der Waals surface area contributed by atoms with Crippen molar-refractivity contribution in [1.82, 2.24) is 26.0 Å². The second-order valence-electron chi connectivity index (χ2n) is 21.1. The van der Waals surface area contributed by atoms with Gasteiger partial charge in [-0.1, -0.05) is 84.9 Å². The van der Waals surface area contributed by atoms with Crippen molar-refractivity contribution in [3.05, 3.63) is 130 Å². The van der Waals surface area contributed by atoms with E-state index in [0.29, 0.717) is 48.1 Å². The van der Waals surface area contributed by atoms with Crippen LogP contribution in [0, 0.1) is 20.8 Å². The molecule has 0 spiro atoms. The van der Waals surface area contributed by atoms with Crippen molar-refractivity contribution in [3.8, 4) is 16.9 Å². The number of amides is 4. The lowest BCUT2D eigenvalue weighted by atomic mass is 9.88. The number of nitrogens with two attached hydrogens (primary N) is 1. The second-order valence-corrected chi connectivity index (χ2v) is 22.7. The van der Waals surface area contributed by atoms with Gasteiger partial charge < -0.3 is 45.9 Å². The van der Waals surface area contributed by atoms with Crippen molar-refractivity contribution in [2.45, 2.75) is 154 Å². The zero-order valence-corrected chi connectivity index (χ0v) is 46.3. The quantitative estimate of drug-likeness (QED) is 0.0103. The molecule has 3 atom stereocenters. The van der Waals surface area contributed by atoms with Crippen LogP contribution in [0.1, 0.15) is 124 Å². The first-order valence-corrected chi connectivity index (χ1v) is 27.6. The van der Waals surface area contributed by atoms with E-state index < -0.39 is 69.3 Å². The maximum absolute atomic E-state index is 14.5. The number of carbonyl (C=O) groups is 5. The average molecular weight is 1080 g/mol. The van der Waals surface area contributed by atoms with E-state index in [9.17, 15) is 32.4 Å². The normalized spacial score (nSPS) is 14.9. The van der Waals surface area contributed by atoms with Gasteiger partial charge in [-0.15, -0.1) is 6.58 Å². The Balaban J connectivity index is 1.19. The first kappa shape index (κ1) is 58.8. The molecule has 77 heavy (non-hydrogen) atoms. The zero-order valence-electron chi connectivity index (χ0n) is 45.5. The number of hydrogen-bond donors (Lipinski definition) is 6. The Morgan fingerprint density at radius 1 is 0.792 bits per heavy atom. The van der Waals surface area contributed by atoms with Gasteiger partial charge in [0.2, 0.25) is 17.8 Å². The van der Waals surface area contributed by atoms with Gasteiger partial charge in [0.1, 0.15) is 48.3 Å². The molecule has 4 aromatic carbocycles. The van der Waals surface area contributed by atoms with Gasteiger partial charge in [0.15, 0.2) is 0 Å². The van der Waals surface area contributed by atoms with Crippen LogP contribution in [0.15, 0.2) is 101 Å². The molecule has 4 amide bonds. The Morgan fingerprint density at radius 3 is 2.03 bits per heavy atom. The minimum absolute atomic E-state index is 0.00199. The van der Waals surface area contributed by atoms with E-state index in [1.807, 2.05) is 75.4 Å². The number of unbranched alkanes of at least 4 members (excludes halogenated alkanes) is 1. The summed E-state index contributed by atoms with van der Waals surface area (Å²) in [6.45, 7) is 18.3. The predicted molar refractivity (Wildman–Crippen MR) is 295 cm³/mol. The van der Waals surface area contributed by atoms with Crippen LogP contribution in [0.25, 0.3) is 11.1 Å². The number of benzene rings is 4. The smallest absolute Gasteiger partial charge is 0.407 e. The Hall–Kier alpha value is -7.41. The summed E-state index contributed by atoms with van der Waals surface area (Å²) in [5.74, 6) is -2.17. The van der Waals surface area contributed by atoms with Crippen molar-refractivity contribution >= 4 is 46.0 Å². The van der Waals surface area contributed by atoms with Crippen molar-refractivity contribution in [2.75, 3.05) is 19.7 Å². The van der Waals surface area contributed by atoms with Gasteiger partial charge in [0.05, 0.1) is 4.90 Å². The number of nitrogens with zero attached hydrogens (tertiary/aromatic N) is 1. The summed E-state index contributed by atoms with van der Waals surface area (Å²) in [4.78, 5) is 72.7. The lowest BCUT2D eigenvalue weighted by Crippen LogP contribution is -2.56. The minimum Gasteiger partial charge on any atom is -0.487 e. The van der Waals surface area contributed by atoms with Crippen molar-refractivity contribution < 1.29 is 51.3 Å². The molecule has 2 aliphatic rings. The molecule has 18 nitrogen and oxygen atoms in total. The molecule has 19 heteroatoms. The van der Waals surface area contributed by atoms with Crippen LogP contribution in [-0.4, -0.2) is 93.4 Å². The fourth-order valence-electron chi connectivity index (χ4n) is 9.52. The Kier molecular flexibility index (Phi) is 19.9. The van der Waals surface area contributed by atoms with E-state index in [4.69, 9.17) is 24.7 Å². The third kappa shape index (κ3) is 16.1. The molecule has 1 aliphatic carbocycles. The molecule has 414 valence electrons. The standard InChI is InChI=1S/C58H75N7O11S/c1-10-21-48(53(68)73-34-39-22-12-11-13-23-39)63-51(66)46(29-20-33-60-54(59)65-77(71,72)50-37(3)36(2)49-40(38(50)4)30-31-58(8,9)75-49)62-52(67)47(28-18-19-32-61-55(69)76-57(5,6)7)64-56(70)74-35-45-43-26-16-14-24-41(43)42-25-15-17-27-44(42)45/h10-17,22-27,45-48H,1,18-21,28-35H2,2-9H3,(H,61,69)(H,62,67)(H,63,66)(H,64,70)(H3,59,60,65)/t46-,47-,48+/m1/s1. The van der Waals surface area contributed by atoms with Gasteiger partial charge in [0.25, 0.3) is 10.0 Å². The molecule has 6 rings (SSSR count). The largest absolute Gasteiger partial charge is 0.487 e. The van der Waals surface area contributed by atoms with Gasteiger partial charge >= 0.3 is 18.2 Å². The molecule has 0 bridgehead atoms. The van der Waals surface area contributed by atoms with Gasteiger partial charge in [-0.05, 0) is 157 Å². The molecule has 1 heterocycles. The summed E-state index contributed by atoms with van der Waals surface area (Å²) in [5.41, 5.74) is 12.5. The van der Waals surface area contributed by atoms with E-state index in [1.54, 1.807) is 58.9 Å². The highest BCUT2D eigenvalue weighted by Gasteiger charge is 2.35. The first-order valence-electron chi connectivity index (χ1n) is 26.1. The third-order valence-electron chi connectivity index (χ3n) is 13.5. The third-order valence-corrected chi connectivity index (χ3v) is 15.1. The Bertz CT molecular complexity index is 2890. The maximum atomic E-state index is 14.5. The highest BCUT2D eigenvalue weighted by Crippen LogP contribution is 2.45. The number of carbonyl (C=O) groups excluding carboxylic acids is 5. The monoisotopic (exact) mass is 1080 g/mol. The fourth-order valence-corrected chi connectivity index (χ4v) is 11.0. The number of sulfonamides is 1. The molecular weight excluding hydrogens is 1000 g/mol. The van der Waals surface area contributed by atoms with E-state index >= 15 is 0 Å². The summed E-state index contributed by atoms with van der Waals surface area (Å²) >= 11 is 0. The molecule has 0 saturated carbocycles. The van der Waals surface area contributed by atoms with E-state index in [1.165, 1.54) is 6.08 Å². The second kappa shape index (κ2) is 26.1. The zero-order chi connectivity index (χ0) is 56.1. The van der Waals surface area contributed by atoms with Crippen LogP contribution in [0.3, 0.4) is 0 Å². The van der Waals surface area contributed by atoms with E-state index in [0.717, 1.165) is 33.4 Å². The summed E-state index contributed by atoms with van der Waals surface area (Å²) < 4.78 is 53.4. The van der Waals surface area contributed by atoms with Crippen LogP contribution in [0.5, 0.6) is 5.75 Å². The molecule has 1 aliphatic heterocycles. The van der Waals surface area contributed by atoms with Crippen molar-refractivity contribution in [1.29, 1.82) is 0 Å². The SMILES string of the molecule is C=CC[C@H](NC(=O)[C@@H](CCCN=C(N)NS(=O)(=O)c1c(C)c(C)c2c(c1C)CCC(C)(C)O2)NC(=O)[C@@H](CCCCNC(=O)OC(C)(C)C)NC(=O)OCC1c2ccccc2-c2ccccc21)C(=O)OCc1ccccc1. The van der Waals surface area contributed by atoms with Crippen molar-refractivity contribution in [3.63, 3.8) is 0 Å². The summed E-state index contributed by atoms with van der Waals surface area (Å²) in [5, 5.41) is 10.9. The maximum Gasteiger partial charge on any atom is 0.407 e. The van der Waals surface area contributed by atoms with Gasteiger partial charge in [-0.3, -0.25) is 14.6 Å². The van der Waals surface area contributed by atoms with Crippen LogP contribution in [0.2, 0.25) is 0 Å². The molecule has 0 aromatic heterocycles. The van der Waals surface area contributed by atoms with Gasteiger partial charge in [-0.2, -0.15) is 0 Å². The fraction of sp³-hybridized carbons (Fsp3) is 0.448. The summed E-state index contributed by atoms with van der Waals surface area (Å²) in [6.07, 6.45) is 2.15. The predicted octanol–water partition coefficient (Wildman–Crippen LogP) is 7.98. The number of fused-ring (bicyclic) bond motifs is 4. The number of hydrogen-bond acceptors (Lipinski definition) is 12. The van der Waals surface area contributed by atoms with Crippen LogP contribution < -0.4 is 36.5 Å². The number of guanidine groups is 1. The number of esters is 1. The topological polar surface area (TPSA) is 255 Å². The minimum atomic E-state index is -4.22. The molecule has 0 radical (unpaired) electrons. The average Bonchev–Trinajstić information content (AvgIpc) is 3.73. The molecule has 0 fully saturated rings. The van der Waals surface area contributed by atoms with E-state index in [-0.39, 0.29) is 68.8 Å². The van der Waals surface area contributed by atoms with Crippen molar-refractivity contribution in [2.24, 2.45) is 10.7 Å². The number of rotatable bonds is 23. The lowest BCUT2D eigenvalue weighted by molar-refractivity contribution is -0.149. The molecule has 0 saturated heterocycles. The number of aliphatic imine (C=N–C) groups is 1. The van der Waals surface area contributed by atoms with Gasteiger partial charge in [0, 0.05) is 19.0 Å². The van der Waals surface area contributed by atoms with E-state index in [2.05, 4.69) is 37.6 Å². The highest BCUT2D eigenvalue weighted by atomic mass is 32.2. The van der Waals surface area contributed by atoms with Crippen LogP contribution in [-0.2, 0) is 51.6 Å². The molecular formula is C58H75N7O11S. The molecule has 7 N–H and O–H groups in total. The summed E-state index contributed by atoms with van der Waals surface area (Å²) in [6, 6.07) is 21.0. The molecule has 4 aromatic rings. The number of nitrogens with one attached hydrogen (secondary N) is 5. The Labute approximate surface area is 452 Å². The van der Waals surface area contributed by atoms with Crippen LogP contribution >= 0.6 is 0 Å². The Morgan fingerprint density at radius 2 is 1.39 bits per heavy atom. The highest BCUT2D eigenvalue weighted by molar-refractivity contribution is 7.90. The lowest BCUT2D eigenvalue weighted by Gasteiger charge is -2.35.